The highest BCUT2D eigenvalue weighted by Crippen LogP contribution is 2.32. The van der Waals surface area contributed by atoms with Crippen LogP contribution < -0.4 is 4.90 Å². The quantitative estimate of drug-likeness (QED) is 0.618. The molecular formula is C23H23F3N4O. The molecule has 0 unspecified atom stereocenters. The average molecular weight is 428 g/mol. The van der Waals surface area contributed by atoms with E-state index in [0.29, 0.717) is 37.6 Å². The molecule has 1 aliphatic rings. The summed E-state index contributed by atoms with van der Waals surface area (Å²) in [5, 5.41) is 4.49. The van der Waals surface area contributed by atoms with Crippen molar-refractivity contribution in [3.8, 4) is 5.69 Å². The zero-order valence-electron chi connectivity index (χ0n) is 17.4. The summed E-state index contributed by atoms with van der Waals surface area (Å²) in [5.41, 5.74) is 2.96. The fourth-order valence-electron chi connectivity index (χ4n) is 3.82. The molecule has 0 bridgehead atoms. The molecule has 0 spiro atoms. The Hall–Kier alpha value is -3.29. The molecule has 2 heterocycles. The van der Waals surface area contributed by atoms with Gasteiger partial charge in [0.05, 0.1) is 16.9 Å². The van der Waals surface area contributed by atoms with E-state index in [-0.39, 0.29) is 5.91 Å². The first-order valence-electron chi connectivity index (χ1n) is 10.1. The van der Waals surface area contributed by atoms with Crippen LogP contribution in [0, 0.1) is 13.8 Å². The van der Waals surface area contributed by atoms with Crippen molar-refractivity contribution in [2.24, 2.45) is 0 Å². The van der Waals surface area contributed by atoms with E-state index in [1.165, 1.54) is 6.07 Å². The molecule has 8 heteroatoms. The molecule has 1 aliphatic heterocycles. The maximum atomic E-state index is 13.2. The van der Waals surface area contributed by atoms with E-state index < -0.39 is 11.7 Å². The first kappa shape index (κ1) is 21.0. The van der Waals surface area contributed by atoms with Crippen molar-refractivity contribution < 1.29 is 18.0 Å². The number of hydrogen-bond donors (Lipinski definition) is 0. The standard InChI is InChI=1S/C23H23F3N4O/c1-16-5-3-8-20(13-16)30-21(14-17(2)27-30)22(31)29-11-9-28(10-12-29)19-7-4-6-18(15-19)23(24,25)26/h3-8,13-15H,9-12H2,1-2H3. The Bertz CT molecular complexity index is 1100. The third-order valence-corrected chi connectivity index (χ3v) is 5.40. The lowest BCUT2D eigenvalue weighted by molar-refractivity contribution is -0.137. The fraction of sp³-hybridized carbons (Fsp3) is 0.304. The zero-order valence-corrected chi connectivity index (χ0v) is 17.4. The van der Waals surface area contributed by atoms with E-state index in [9.17, 15) is 18.0 Å². The summed E-state index contributed by atoms with van der Waals surface area (Å²) in [7, 11) is 0. The molecule has 5 nitrogen and oxygen atoms in total. The number of anilines is 1. The molecule has 1 fully saturated rings. The van der Waals surface area contributed by atoms with Gasteiger partial charge in [0.15, 0.2) is 0 Å². The van der Waals surface area contributed by atoms with Crippen molar-refractivity contribution in [3.05, 3.63) is 77.1 Å². The van der Waals surface area contributed by atoms with Crippen molar-refractivity contribution >= 4 is 11.6 Å². The summed E-state index contributed by atoms with van der Waals surface area (Å²) in [6.45, 7) is 5.60. The summed E-state index contributed by atoms with van der Waals surface area (Å²) >= 11 is 0. The molecule has 3 aromatic rings. The number of rotatable bonds is 3. The van der Waals surface area contributed by atoms with Gasteiger partial charge in [0.1, 0.15) is 5.69 Å². The minimum Gasteiger partial charge on any atom is -0.368 e. The Kier molecular flexibility index (Phi) is 5.47. The molecule has 1 aromatic heterocycles. The third kappa shape index (κ3) is 4.42. The van der Waals surface area contributed by atoms with Crippen LogP contribution in [0.25, 0.3) is 5.69 Å². The Morgan fingerprint density at radius 1 is 0.903 bits per heavy atom. The van der Waals surface area contributed by atoms with Gasteiger partial charge in [-0.2, -0.15) is 18.3 Å². The van der Waals surface area contributed by atoms with Gasteiger partial charge in [-0.05, 0) is 55.8 Å². The van der Waals surface area contributed by atoms with Crippen LogP contribution in [0.5, 0.6) is 0 Å². The van der Waals surface area contributed by atoms with Crippen LogP contribution in [0.3, 0.4) is 0 Å². The number of alkyl halides is 3. The molecule has 1 amide bonds. The Morgan fingerprint density at radius 2 is 1.58 bits per heavy atom. The van der Waals surface area contributed by atoms with E-state index in [0.717, 1.165) is 29.1 Å². The monoisotopic (exact) mass is 428 g/mol. The topological polar surface area (TPSA) is 41.4 Å². The first-order valence-corrected chi connectivity index (χ1v) is 10.1. The fourth-order valence-corrected chi connectivity index (χ4v) is 3.82. The van der Waals surface area contributed by atoms with Crippen molar-refractivity contribution in [1.82, 2.24) is 14.7 Å². The molecule has 4 rings (SSSR count). The van der Waals surface area contributed by atoms with Crippen LogP contribution in [-0.4, -0.2) is 46.8 Å². The number of carbonyl (C=O) groups is 1. The highest BCUT2D eigenvalue weighted by molar-refractivity contribution is 5.93. The van der Waals surface area contributed by atoms with Gasteiger partial charge in [0.2, 0.25) is 0 Å². The number of hydrogen-bond acceptors (Lipinski definition) is 3. The third-order valence-electron chi connectivity index (χ3n) is 5.40. The van der Waals surface area contributed by atoms with Gasteiger partial charge in [0.25, 0.3) is 5.91 Å². The van der Waals surface area contributed by atoms with Crippen molar-refractivity contribution in [2.45, 2.75) is 20.0 Å². The van der Waals surface area contributed by atoms with Crippen LogP contribution in [0.4, 0.5) is 18.9 Å². The Balaban J connectivity index is 1.50. The molecule has 0 radical (unpaired) electrons. The van der Waals surface area contributed by atoms with E-state index in [2.05, 4.69) is 5.10 Å². The predicted molar refractivity (Wildman–Crippen MR) is 113 cm³/mol. The second kappa shape index (κ2) is 8.09. The largest absolute Gasteiger partial charge is 0.416 e. The van der Waals surface area contributed by atoms with Crippen LogP contribution in [0.2, 0.25) is 0 Å². The molecule has 0 aliphatic carbocycles. The molecule has 2 aromatic carbocycles. The van der Waals surface area contributed by atoms with E-state index >= 15 is 0 Å². The minimum atomic E-state index is -4.38. The van der Waals surface area contributed by atoms with Crippen LogP contribution in [-0.2, 0) is 6.18 Å². The van der Waals surface area contributed by atoms with E-state index in [1.807, 2.05) is 43.0 Å². The minimum absolute atomic E-state index is 0.134. The lowest BCUT2D eigenvalue weighted by atomic mass is 10.1. The maximum absolute atomic E-state index is 13.2. The number of carbonyl (C=O) groups excluding carboxylic acids is 1. The van der Waals surface area contributed by atoms with Gasteiger partial charge in [-0.15, -0.1) is 0 Å². The van der Waals surface area contributed by atoms with Crippen molar-refractivity contribution in [2.75, 3.05) is 31.1 Å². The zero-order chi connectivity index (χ0) is 22.2. The molecular weight excluding hydrogens is 405 g/mol. The van der Waals surface area contributed by atoms with E-state index in [1.54, 1.807) is 21.7 Å². The molecule has 0 N–H and O–H groups in total. The van der Waals surface area contributed by atoms with Crippen LogP contribution in [0.15, 0.2) is 54.6 Å². The SMILES string of the molecule is Cc1cccc(-n2nc(C)cc2C(=O)N2CCN(c3cccc(C(F)(F)F)c3)CC2)c1. The summed E-state index contributed by atoms with van der Waals surface area (Å²) in [5.74, 6) is -0.134. The number of amides is 1. The first-order chi connectivity index (χ1) is 14.7. The lowest BCUT2D eigenvalue weighted by Crippen LogP contribution is -2.49. The molecule has 0 atom stereocenters. The average Bonchev–Trinajstić information content (AvgIpc) is 3.14. The smallest absolute Gasteiger partial charge is 0.368 e. The summed E-state index contributed by atoms with van der Waals surface area (Å²) in [6, 6.07) is 14.9. The second-order valence-electron chi connectivity index (χ2n) is 7.75. The van der Waals surface area contributed by atoms with Crippen LogP contribution in [0.1, 0.15) is 27.3 Å². The lowest BCUT2D eigenvalue weighted by Gasteiger charge is -2.36. The van der Waals surface area contributed by atoms with Crippen LogP contribution >= 0.6 is 0 Å². The second-order valence-corrected chi connectivity index (χ2v) is 7.75. The van der Waals surface area contributed by atoms with Crippen molar-refractivity contribution in [3.63, 3.8) is 0 Å². The normalized spacial score (nSPS) is 14.7. The van der Waals surface area contributed by atoms with Gasteiger partial charge in [0, 0.05) is 31.9 Å². The Morgan fingerprint density at radius 3 is 2.26 bits per heavy atom. The summed E-state index contributed by atoms with van der Waals surface area (Å²) < 4.78 is 40.7. The molecule has 1 saturated heterocycles. The summed E-state index contributed by atoms with van der Waals surface area (Å²) in [4.78, 5) is 16.8. The maximum Gasteiger partial charge on any atom is 0.416 e. The number of piperazine rings is 1. The predicted octanol–water partition coefficient (Wildman–Crippen LogP) is 4.47. The number of halogens is 3. The molecule has 31 heavy (non-hydrogen) atoms. The number of aromatic nitrogens is 2. The number of nitrogens with zero attached hydrogens (tertiary/aromatic N) is 4. The van der Waals surface area contributed by atoms with E-state index in [4.69, 9.17) is 0 Å². The van der Waals surface area contributed by atoms with Gasteiger partial charge in [-0.1, -0.05) is 18.2 Å². The highest BCUT2D eigenvalue weighted by Gasteiger charge is 2.31. The molecule has 0 saturated carbocycles. The Labute approximate surface area is 178 Å². The highest BCUT2D eigenvalue weighted by atomic mass is 19.4. The van der Waals surface area contributed by atoms with Gasteiger partial charge in [-0.25, -0.2) is 4.68 Å². The molecule has 162 valence electrons. The van der Waals surface area contributed by atoms with Gasteiger partial charge >= 0.3 is 6.18 Å². The van der Waals surface area contributed by atoms with Crippen molar-refractivity contribution in [1.29, 1.82) is 0 Å². The summed E-state index contributed by atoms with van der Waals surface area (Å²) in [6.07, 6.45) is -4.38. The van der Waals surface area contributed by atoms with Gasteiger partial charge < -0.3 is 9.80 Å². The number of aryl methyl sites for hydroxylation is 2. The van der Waals surface area contributed by atoms with Gasteiger partial charge in [-0.3, -0.25) is 4.79 Å². The number of benzene rings is 2.